The van der Waals surface area contributed by atoms with Crippen molar-refractivity contribution in [3.05, 3.63) is 24.3 Å². The van der Waals surface area contributed by atoms with Crippen LogP contribution in [0.15, 0.2) is 29.2 Å². The summed E-state index contributed by atoms with van der Waals surface area (Å²) in [6.45, 7) is 0.321. The van der Waals surface area contributed by atoms with Gasteiger partial charge < -0.3 is 10.5 Å². The Bertz CT molecular complexity index is 583. The van der Waals surface area contributed by atoms with Gasteiger partial charge in [0.2, 0.25) is 15.9 Å². The number of amides is 1. The number of methoxy groups -OCH3 is 1. The Morgan fingerprint density at radius 1 is 1.30 bits per heavy atom. The van der Waals surface area contributed by atoms with Gasteiger partial charge in [-0.2, -0.15) is 4.31 Å². The number of benzene rings is 1. The third kappa shape index (κ3) is 2.78. The van der Waals surface area contributed by atoms with Crippen LogP contribution in [-0.4, -0.2) is 38.3 Å². The van der Waals surface area contributed by atoms with Crippen molar-refractivity contribution in [2.24, 2.45) is 5.73 Å². The highest BCUT2D eigenvalue weighted by Gasteiger charge is 2.36. The van der Waals surface area contributed by atoms with Crippen LogP contribution in [0.4, 0.5) is 0 Å². The van der Waals surface area contributed by atoms with Crippen LogP contribution in [0.1, 0.15) is 19.3 Å². The second-order valence-corrected chi connectivity index (χ2v) is 6.60. The first-order valence-electron chi connectivity index (χ1n) is 6.42. The van der Waals surface area contributed by atoms with Crippen LogP contribution in [0, 0.1) is 0 Å². The molecule has 1 aromatic carbocycles. The lowest BCUT2D eigenvalue weighted by molar-refractivity contribution is -0.122. The molecule has 7 heteroatoms. The molecular weight excluding hydrogens is 280 g/mol. The fraction of sp³-hybridized carbons (Fsp3) is 0.462. The van der Waals surface area contributed by atoms with Gasteiger partial charge in [-0.25, -0.2) is 8.42 Å². The lowest BCUT2D eigenvalue weighted by Crippen LogP contribution is -2.50. The van der Waals surface area contributed by atoms with Gasteiger partial charge in [0.1, 0.15) is 11.8 Å². The quantitative estimate of drug-likeness (QED) is 0.887. The summed E-state index contributed by atoms with van der Waals surface area (Å²) < 4.78 is 31.4. The Balaban J connectivity index is 2.34. The van der Waals surface area contributed by atoms with Crippen molar-refractivity contribution in [1.29, 1.82) is 0 Å². The maximum Gasteiger partial charge on any atom is 0.243 e. The fourth-order valence-corrected chi connectivity index (χ4v) is 4.02. The van der Waals surface area contributed by atoms with Crippen LogP contribution in [0.25, 0.3) is 0 Å². The highest BCUT2D eigenvalue weighted by Crippen LogP contribution is 2.26. The molecule has 0 radical (unpaired) electrons. The Hall–Kier alpha value is -1.60. The lowest BCUT2D eigenvalue weighted by Gasteiger charge is -2.32. The third-order valence-electron chi connectivity index (χ3n) is 3.45. The molecule has 0 bridgehead atoms. The minimum Gasteiger partial charge on any atom is -0.497 e. The van der Waals surface area contributed by atoms with E-state index in [4.69, 9.17) is 10.5 Å². The van der Waals surface area contributed by atoms with Gasteiger partial charge in [0, 0.05) is 6.54 Å². The van der Waals surface area contributed by atoms with E-state index in [9.17, 15) is 13.2 Å². The molecule has 1 saturated heterocycles. The molecule has 0 unspecified atom stereocenters. The maximum absolute atomic E-state index is 12.6. The monoisotopic (exact) mass is 298 g/mol. The largest absolute Gasteiger partial charge is 0.497 e. The second kappa shape index (κ2) is 5.80. The Morgan fingerprint density at radius 3 is 2.50 bits per heavy atom. The van der Waals surface area contributed by atoms with Crippen LogP contribution in [0.2, 0.25) is 0 Å². The minimum absolute atomic E-state index is 0.145. The van der Waals surface area contributed by atoms with Crippen molar-refractivity contribution in [3.8, 4) is 5.75 Å². The standard InChI is InChI=1S/C13H18N2O4S/c1-19-10-5-7-11(8-6-10)20(17,18)15-9-3-2-4-12(15)13(14)16/h5-8,12H,2-4,9H2,1H3,(H2,14,16)/t12-/m1/s1. The van der Waals surface area contributed by atoms with Crippen LogP contribution >= 0.6 is 0 Å². The number of piperidine rings is 1. The number of carbonyl (C=O) groups is 1. The summed E-state index contributed by atoms with van der Waals surface area (Å²) >= 11 is 0. The molecule has 0 saturated carbocycles. The van der Waals surface area contributed by atoms with Gasteiger partial charge in [-0.15, -0.1) is 0 Å². The number of primary amides is 1. The number of carbonyl (C=O) groups excluding carboxylic acids is 1. The van der Waals surface area contributed by atoms with Gasteiger partial charge in [0.25, 0.3) is 0 Å². The number of sulfonamides is 1. The molecule has 1 aliphatic heterocycles. The summed E-state index contributed by atoms with van der Waals surface area (Å²) in [5, 5.41) is 0. The number of ether oxygens (including phenoxy) is 1. The molecule has 0 spiro atoms. The minimum atomic E-state index is -3.70. The highest BCUT2D eigenvalue weighted by molar-refractivity contribution is 7.89. The molecule has 1 fully saturated rings. The molecule has 1 aromatic rings. The SMILES string of the molecule is COc1ccc(S(=O)(=O)N2CCCC[C@@H]2C(N)=O)cc1. The van der Waals surface area contributed by atoms with Crippen molar-refractivity contribution >= 4 is 15.9 Å². The number of rotatable bonds is 4. The molecule has 110 valence electrons. The summed E-state index contributed by atoms with van der Waals surface area (Å²) in [6, 6.07) is 5.35. The van der Waals surface area contributed by atoms with E-state index in [1.165, 1.54) is 23.5 Å². The van der Waals surface area contributed by atoms with Crippen molar-refractivity contribution in [2.75, 3.05) is 13.7 Å². The first-order chi connectivity index (χ1) is 9.46. The van der Waals surface area contributed by atoms with E-state index >= 15 is 0 Å². The topological polar surface area (TPSA) is 89.7 Å². The Labute approximate surface area is 118 Å². The van der Waals surface area contributed by atoms with Crippen molar-refractivity contribution < 1.29 is 17.9 Å². The third-order valence-corrected chi connectivity index (χ3v) is 5.37. The van der Waals surface area contributed by atoms with E-state index < -0.39 is 22.0 Å². The summed E-state index contributed by atoms with van der Waals surface area (Å²) in [4.78, 5) is 11.6. The number of hydrogen-bond acceptors (Lipinski definition) is 4. The van der Waals surface area contributed by atoms with E-state index in [2.05, 4.69) is 0 Å². The number of hydrogen-bond donors (Lipinski definition) is 1. The Kier molecular flexibility index (Phi) is 4.29. The normalized spacial score (nSPS) is 20.6. The number of nitrogens with zero attached hydrogens (tertiary/aromatic N) is 1. The first-order valence-corrected chi connectivity index (χ1v) is 7.86. The Morgan fingerprint density at radius 2 is 1.95 bits per heavy atom. The summed E-state index contributed by atoms with van der Waals surface area (Å²) in [5.74, 6) is -0.0177. The zero-order valence-corrected chi connectivity index (χ0v) is 12.1. The summed E-state index contributed by atoms with van der Waals surface area (Å²) in [5.41, 5.74) is 5.31. The van der Waals surface area contributed by atoms with Gasteiger partial charge in [0.05, 0.1) is 12.0 Å². The molecule has 6 nitrogen and oxygen atoms in total. The van der Waals surface area contributed by atoms with Crippen LogP contribution in [0.5, 0.6) is 5.75 Å². The first kappa shape index (κ1) is 14.8. The van der Waals surface area contributed by atoms with Gasteiger partial charge in [0.15, 0.2) is 0 Å². The van der Waals surface area contributed by atoms with E-state index in [0.717, 1.165) is 12.8 Å². The summed E-state index contributed by atoms with van der Waals surface area (Å²) in [7, 11) is -2.19. The molecule has 0 aromatic heterocycles. The smallest absolute Gasteiger partial charge is 0.243 e. The molecule has 0 aliphatic carbocycles. The van der Waals surface area contributed by atoms with Gasteiger partial charge in [-0.05, 0) is 37.1 Å². The zero-order valence-electron chi connectivity index (χ0n) is 11.3. The predicted molar refractivity (Wildman–Crippen MR) is 73.7 cm³/mol. The molecule has 1 aliphatic rings. The molecule has 1 atom stereocenters. The average molecular weight is 298 g/mol. The van der Waals surface area contributed by atoms with E-state index in [1.807, 2.05) is 0 Å². The molecule has 1 amide bonds. The van der Waals surface area contributed by atoms with E-state index in [1.54, 1.807) is 12.1 Å². The molecule has 2 rings (SSSR count). The molecule has 2 N–H and O–H groups in total. The van der Waals surface area contributed by atoms with Gasteiger partial charge in [-0.3, -0.25) is 4.79 Å². The zero-order chi connectivity index (χ0) is 14.8. The van der Waals surface area contributed by atoms with Crippen molar-refractivity contribution in [3.63, 3.8) is 0 Å². The second-order valence-electron chi connectivity index (χ2n) is 4.71. The van der Waals surface area contributed by atoms with Crippen LogP contribution in [0.3, 0.4) is 0 Å². The van der Waals surface area contributed by atoms with Crippen LogP contribution in [-0.2, 0) is 14.8 Å². The average Bonchev–Trinajstić information content (AvgIpc) is 2.47. The summed E-state index contributed by atoms with van der Waals surface area (Å²) in [6.07, 6.45) is 2.02. The molecular formula is C13H18N2O4S. The lowest BCUT2D eigenvalue weighted by atomic mass is 10.0. The molecule has 20 heavy (non-hydrogen) atoms. The van der Waals surface area contributed by atoms with E-state index in [-0.39, 0.29) is 4.90 Å². The fourth-order valence-electron chi connectivity index (χ4n) is 2.36. The van der Waals surface area contributed by atoms with Gasteiger partial charge in [-0.1, -0.05) is 6.42 Å². The molecule has 1 heterocycles. The van der Waals surface area contributed by atoms with Crippen molar-refractivity contribution in [2.45, 2.75) is 30.2 Å². The van der Waals surface area contributed by atoms with Crippen LogP contribution < -0.4 is 10.5 Å². The maximum atomic E-state index is 12.6. The van der Waals surface area contributed by atoms with E-state index in [0.29, 0.717) is 18.7 Å². The predicted octanol–water partition coefficient (Wildman–Crippen LogP) is 0.724. The van der Waals surface area contributed by atoms with Crippen molar-refractivity contribution in [1.82, 2.24) is 4.31 Å². The van der Waals surface area contributed by atoms with Gasteiger partial charge >= 0.3 is 0 Å². The number of nitrogens with two attached hydrogens (primary N) is 1. The highest BCUT2D eigenvalue weighted by atomic mass is 32.2.